The van der Waals surface area contributed by atoms with Gasteiger partial charge >= 0.3 is 0 Å². The molecule has 0 aliphatic heterocycles. The first-order chi connectivity index (χ1) is 12.5. The molecular weight excluding hydrogens is 348 g/mol. The van der Waals surface area contributed by atoms with Crippen LogP contribution in [0.25, 0.3) is 0 Å². The fourth-order valence-electron chi connectivity index (χ4n) is 2.33. The lowest BCUT2D eigenvalue weighted by molar-refractivity contribution is -0.208. The summed E-state index contributed by atoms with van der Waals surface area (Å²) in [7, 11) is 10.5. The van der Waals surface area contributed by atoms with E-state index in [4.69, 9.17) is 28.8 Å². The predicted octanol–water partition coefficient (Wildman–Crippen LogP) is 0.913. The van der Waals surface area contributed by atoms with Gasteiger partial charge in [-0.05, 0) is 6.42 Å². The second-order valence-electron chi connectivity index (χ2n) is 4.91. The molecule has 0 aliphatic carbocycles. The molecule has 0 spiro atoms. The van der Waals surface area contributed by atoms with Crippen molar-refractivity contribution < 1.29 is 28.8 Å². The van der Waals surface area contributed by atoms with Crippen molar-refractivity contribution in [1.29, 1.82) is 0 Å². The molecule has 0 saturated heterocycles. The summed E-state index contributed by atoms with van der Waals surface area (Å²) >= 11 is 0. The van der Waals surface area contributed by atoms with Gasteiger partial charge in [0.15, 0.2) is 0 Å². The van der Waals surface area contributed by atoms with Gasteiger partial charge in [0, 0.05) is 27.7 Å². The van der Waals surface area contributed by atoms with Gasteiger partial charge in [-0.1, -0.05) is 17.4 Å². The summed E-state index contributed by atoms with van der Waals surface area (Å²) in [4.78, 5) is 34.9. The number of hydrogen-bond acceptors (Lipinski definition) is 12. The van der Waals surface area contributed by atoms with Crippen LogP contribution in [0.2, 0.25) is 0 Å². The molecule has 1 aromatic rings. The van der Waals surface area contributed by atoms with Crippen LogP contribution >= 0.6 is 0 Å². The molecule has 0 radical (unpaired) electrons. The Balaban J connectivity index is 3.47. The molecule has 0 N–H and O–H groups in total. The van der Waals surface area contributed by atoms with E-state index in [-0.39, 0.29) is 17.8 Å². The van der Waals surface area contributed by atoms with E-state index >= 15 is 0 Å². The van der Waals surface area contributed by atoms with E-state index in [0.717, 1.165) is 16.9 Å². The Morgan fingerprint density at radius 2 is 1.12 bits per heavy atom. The predicted molar refractivity (Wildman–Crippen MR) is 92.9 cm³/mol. The highest BCUT2D eigenvalue weighted by Gasteiger charge is 2.37. The SMILES string of the molecule is CCCC(OC)(OC)N(C)c1nc(N(OC)OC)nc(N(OC)OC)n1. The van der Waals surface area contributed by atoms with E-state index in [1.807, 2.05) is 6.92 Å². The highest BCUT2D eigenvalue weighted by Crippen LogP contribution is 2.28. The minimum Gasteiger partial charge on any atom is -0.336 e. The number of aromatic nitrogens is 3. The van der Waals surface area contributed by atoms with E-state index in [2.05, 4.69) is 15.0 Å². The molecule has 1 rings (SSSR count). The zero-order valence-electron chi connectivity index (χ0n) is 16.5. The standard InChI is InChI=1S/C14H28N6O6/c1-9-10-14(21-3,22-4)18(2)11-15-12(19(23-5)24-6)17-13(16-11)20(25-7)26-8/h9-10H2,1-8H3. The maximum absolute atomic E-state index is 5.60. The Bertz CT molecular complexity index is 508. The molecule has 0 amide bonds. The van der Waals surface area contributed by atoms with Crippen molar-refractivity contribution in [3.8, 4) is 0 Å². The first kappa shape index (κ1) is 22.2. The Morgan fingerprint density at radius 3 is 1.42 bits per heavy atom. The lowest BCUT2D eigenvalue weighted by Gasteiger charge is -2.38. The van der Waals surface area contributed by atoms with Crippen LogP contribution in [-0.2, 0) is 28.8 Å². The molecule has 0 aromatic carbocycles. The number of rotatable bonds is 12. The quantitative estimate of drug-likeness (QED) is 0.382. The summed E-state index contributed by atoms with van der Waals surface area (Å²) in [5, 5.41) is 2.01. The molecule has 1 aromatic heterocycles. The fourth-order valence-corrected chi connectivity index (χ4v) is 2.33. The molecule has 0 atom stereocenters. The van der Waals surface area contributed by atoms with Crippen LogP contribution in [-0.4, -0.2) is 70.6 Å². The van der Waals surface area contributed by atoms with Crippen LogP contribution in [0, 0.1) is 0 Å². The largest absolute Gasteiger partial charge is 0.336 e. The number of methoxy groups -OCH3 is 2. The summed E-state index contributed by atoms with van der Waals surface area (Å²) in [5.41, 5.74) is 0. The number of anilines is 3. The molecule has 0 aliphatic rings. The van der Waals surface area contributed by atoms with Crippen molar-refractivity contribution in [3.63, 3.8) is 0 Å². The summed E-state index contributed by atoms with van der Waals surface area (Å²) in [6, 6.07) is 0. The van der Waals surface area contributed by atoms with E-state index in [1.54, 1.807) is 26.2 Å². The molecule has 150 valence electrons. The van der Waals surface area contributed by atoms with Gasteiger partial charge in [0.05, 0.1) is 28.4 Å². The molecular formula is C14H28N6O6. The summed E-state index contributed by atoms with van der Waals surface area (Å²) in [5.74, 6) is -0.710. The van der Waals surface area contributed by atoms with Crippen LogP contribution in [0.4, 0.5) is 17.8 Å². The van der Waals surface area contributed by atoms with Crippen LogP contribution in [0.1, 0.15) is 19.8 Å². The minimum atomic E-state index is -1.07. The maximum Gasteiger partial charge on any atom is 0.284 e. The first-order valence-electron chi connectivity index (χ1n) is 7.83. The summed E-state index contributed by atoms with van der Waals surface area (Å²) in [6.45, 7) is 2.01. The Hall–Kier alpha value is -1.83. The molecule has 0 fully saturated rings. The van der Waals surface area contributed by atoms with Gasteiger partial charge in [-0.25, -0.2) is 19.4 Å². The summed E-state index contributed by atoms with van der Waals surface area (Å²) in [6.07, 6.45) is 1.38. The first-order valence-corrected chi connectivity index (χ1v) is 7.83. The van der Waals surface area contributed by atoms with Gasteiger partial charge in [-0.2, -0.15) is 15.0 Å². The normalized spacial score (nSPS) is 11.5. The second kappa shape index (κ2) is 10.4. The van der Waals surface area contributed by atoms with E-state index < -0.39 is 5.91 Å². The molecule has 1 heterocycles. The van der Waals surface area contributed by atoms with Crippen molar-refractivity contribution >= 4 is 17.8 Å². The average molecular weight is 376 g/mol. The lowest BCUT2D eigenvalue weighted by atomic mass is 10.2. The van der Waals surface area contributed by atoms with Gasteiger partial charge in [-0.3, -0.25) is 4.90 Å². The third kappa shape index (κ3) is 4.66. The molecule has 0 saturated carbocycles. The zero-order chi connectivity index (χ0) is 19.7. The minimum absolute atomic E-state index is 0.0681. The van der Waals surface area contributed by atoms with Gasteiger partial charge in [0.25, 0.3) is 17.8 Å². The maximum atomic E-state index is 5.60. The number of hydrogen-bond donors (Lipinski definition) is 0. The Labute approximate surface area is 153 Å². The number of ether oxygens (including phenoxy) is 2. The van der Waals surface area contributed by atoms with Gasteiger partial charge in [-0.15, -0.1) is 0 Å². The Morgan fingerprint density at radius 1 is 0.731 bits per heavy atom. The van der Waals surface area contributed by atoms with Crippen molar-refractivity contribution in [2.24, 2.45) is 0 Å². The third-order valence-corrected chi connectivity index (χ3v) is 3.60. The van der Waals surface area contributed by atoms with Gasteiger partial charge in [0.2, 0.25) is 5.95 Å². The van der Waals surface area contributed by atoms with Crippen LogP contribution in [0.3, 0.4) is 0 Å². The smallest absolute Gasteiger partial charge is 0.284 e. The van der Waals surface area contributed by atoms with E-state index in [9.17, 15) is 0 Å². The fraction of sp³-hybridized carbons (Fsp3) is 0.786. The Kier molecular flexibility index (Phi) is 8.84. The average Bonchev–Trinajstić information content (AvgIpc) is 2.67. The zero-order valence-corrected chi connectivity index (χ0v) is 16.5. The molecule has 0 bridgehead atoms. The van der Waals surface area contributed by atoms with Crippen LogP contribution in [0.5, 0.6) is 0 Å². The second-order valence-corrected chi connectivity index (χ2v) is 4.91. The van der Waals surface area contributed by atoms with E-state index in [1.165, 1.54) is 28.4 Å². The molecule has 0 unspecified atom stereocenters. The van der Waals surface area contributed by atoms with Crippen molar-refractivity contribution in [1.82, 2.24) is 15.0 Å². The molecule has 12 heteroatoms. The topological polar surface area (TPSA) is 104 Å². The van der Waals surface area contributed by atoms with Crippen LogP contribution < -0.4 is 15.4 Å². The lowest BCUT2D eigenvalue weighted by Crippen LogP contribution is -2.51. The number of nitrogens with zero attached hydrogens (tertiary/aromatic N) is 6. The summed E-state index contributed by atoms with van der Waals surface area (Å²) < 4.78 is 11.2. The molecule has 12 nitrogen and oxygen atoms in total. The van der Waals surface area contributed by atoms with E-state index in [0.29, 0.717) is 6.42 Å². The highest BCUT2D eigenvalue weighted by atomic mass is 16.9. The third-order valence-electron chi connectivity index (χ3n) is 3.60. The molecule has 26 heavy (non-hydrogen) atoms. The van der Waals surface area contributed by atoms with Gasteiger partial charge in [0.1, 0.15) is 0 Å². The monoisotopic (exact) mass is 376 g/mol. The van der Waals surface area contributed by atoms with Crippen molar-refractivity contribution in [3.05, 3.63) is 0 Å². The highest BCUT2D eigenvalue weighted by molar-refractivity contribution is 5.43. The van der Waals surface area contributed by atoms with Gasteiger partial charge < -0.3 is 9.47 Å². The van der Waals surface area contributed by atoms with Crippen LogP contribution in [0.15, 0.2) is 0 Å². The van der Waals surface area contributed by atoms with Crippen molar-refractivity contribution in [2.75, 3.05) is 65.1 Å². The van der Waals surface area contributed by atoms with Crippen molar-refractivity contribution in [2.45, 2.75) is 25.7 Å².